The van der Waals surface area contributed by atoms with Gasteiger partial charge in [0.15, 0.2) is 5.75 Å². The topological polar surface area (TPSA) is 80.7 Å². The number of carbonyl (C=O) groups excluding carboxylic acids is 1. The molecule has 0 atom stereocenters. The second-order valence-corrected chi connectivity index (χ2v) is 7.06. The van der Waals surface area contributed by atoms with Gasteiger partial charge in [-0.3, -0.25) is 9.35 Å². The van der Waals surface area contributed by atoms with Gasteiger partial charge in [-0.2, -0.15) is 8.42 Å². The van der Waals surface area contributed by atoms with E-state index in [1.807, 2.05) is 0 Å². The van der Waals surface area contributed by atoms with Crippen LogP contribution in [0.15, 0.2) is 23.1 Å². The third kappa shape index (κ3) is 4.81. The number of hydrogen-bond donors (Lipinski definition) is 1. The zero-order chi connectivity index (χ0) is 16.0. The summed E-state index contributed by atoms with van der Waals surface area (Å²) in [6.45, 7) is 0. The summed E-state index contributed by atoms with van der Waals surface area (Å²) in [7, 11) is -4.42. The standard InChI is InChI=1S/C16H22O5S/c17-15-12-7-5-3-1-2-4-6-9-13-10-8-11-14(16(13)21-15)22(18,19)20/h8,10-11H,1-7,9,12H2,(H,18,19,20). The highest BCUT2D eigenvalue weighted by atomic mass is 32.2. The Kier molecular flexibility index (Phi) is 5.97. The second kappa shape index (κ2) is 7.74. The van der Waals surface area contributed by atoms with Gasteiger partial charge in [-0.15, -0.1) is 0 Å². The second-order valence-electron chi connectivity index (χ2n) is 5.67. The van der Waals surface area contributed by atoms with E-state index >= 15 is 0 Å². The summed E-state index contributed by atoms with van der Waals surface area (Å²) < 4.78 is 37.6. The van der Waals surface area contributed by atoms with Gasteiger partial charge in [0.2, 0.25) is 0 Å². The lowest BCUT2D eigenvalue weighted by Gasteiger charge is -2.13. The Morgan fingerprint density at radius 3 is 2.14 bits per heavy atom. The van der Waals surface area contributed by atoms with Gasteiger partial charge in [0, 0.05) is 6.42 Å². The smallest absolute Gasteiger partial charge is 0.311 e. The highest BCUT2D eigenvalue weighted by Gasteiger charge is 2.22. The van der Waals surface area contributed by atoms with Crippen LogP contribution in [0.25, 0.3) is 0 Å². The van der Waals surface area contributed by atoms with Crippen molar-refractivity contribution in [2.45, 2.75) is 62.7 Å². The lowest BCUT2D eigenvalue weighted by molar-refractivity contribution is -0.134. The first kappa shape index (κ1) is 17.0. The van der Waals surface area contributed by atoms with Gasteiger partial charge in [0.05, 0.1) is 0 Å². The normalized spacial score (nSPS) is 18.3. The molecule has 1 N–H and O–H groups in total. The van der Waals surface area contributed by atoms with Crippen LogP contribution in [0, 0.1) is 0 Å². The van der Waals surface area contributed by atoms with Gasteiger partial charge in [-0.25, -0.2) is 0 Å². The molecular weight excluding hydrogens is 304 g/mol. The van der Waals surface area contributed by atoms with Crippen LogP contribution in [0.2, 0.25) is 0 Å². The molecule has 1 heterocycles. The van der Waals surface area contributed by atoms with E-state index < -0.39 is 16.1 Å². The molecule has 0 saturated carbocycles. The number of para-hydroxylation sites is 1. The van der Waals surface area contributed by atoms with Crippen molar-refractivity contribution >= 4 is 16.1 Å². The average molecular weight is 326 g/mol. The van der Waals surface area contributed by atoms with Crippen LogP contribution in [0.3, 0.4) is 0 Å². The van der Waals surface area contributed by atoms with Gasteiger partial charge >= 0.3 is 5.97 Å². The molecule has 0 aromatic heterocycles. The van der Waals surface area contributed by atoms with Crippen LogP contribution >= 0.6 is 0 Å². The number of rotatable bonds is 1. The Morgan fingerprint density at radius 2 is 1.50 bits per heavy atom. The van der Waals surface area contributed by atoms with E-state index in [9.17, 15) is 17.8 Å². The van der Waals surface area contributed by atoms with Gasteiger partial charge in [0.1, 0.15) is 4.90 Å². The quantitative estimate of drug-likeness (QED) is 0.485. The molecule has 6 heteroatoms. The Bertz CT molecular complexity index is 621. The molecule has 1 aromatic rings. The highest BCUT2D eigenvalue weighted by molar-refractivity contribution is 7.86. The lowest BCUT2D eigenvalue weighted by atomic mass is 10.0. The van der Waals surface area contributed by atoms with E-state index in [1.54, 1.807) is 12.1 Å². The maximum atomic E-state index is 11.9. The molecule has 22 heavy (non-hydrogen) atoms. The van der Waals surface area contributed by atoms with Crippen molar-refractivity contribution in [1.82, 2.24) is 0 Å². The maximum absolute atomic E-state index is 11.9. The Balaban J connectivity index is 2.33. The molecule has 122 valence electrons. The van der Waals surface area contributed by atoms with Gasteiger partial charge in [-0.05, 0) is 30.9 Å². The fraction of sp³-hybridized carbons (Fsp3) is 0.562. The monoisotopic (exact) mass is 326 g/mol. The molecule has 1 aliphatic heterocycles. The molecule has 0 spiro atoms. The van der Waals surface area contributed by atoms with Crippen molar-refractivity contribution < 1.29 is 22.5 Å². The zero-order valence-electron chi connectivity index (χ0n) is 12.6. The number of hydrogen-bond acceptors (Lipinski definition) is 4. The van der Waals surface area contributed by atoms with Gasteiger partial charge in [0.25, 0.3) is 10.1 Å². The number of carbonyl (C=O) groups is 1. The Morgan fingerprint density at radius 1 is 0.909 bits per heavy atom. The van der Waals surface area contributed by atoms with Crippen molar-refractivity contribution in [3.05, 3.63) is 23.8 Å². The van der Waals surface area contributed by atoms with Crippen LogP contribution < -0.4 is 4.74 Å². The first-order valence-electron chi connectivity index (χ1n) is 7.78. The lowest BCUT2D eigenvalue weighted by Crippen LogP contribution is -2.12. The minimum Gasteiger partial charge on any atom is -0.425 e. The molecule has 1 aromatic carbocycles. The van der Waals surface area contributed by atoms with Gasteiger partial charge < -0.3 is 4.74 Å². The van der Waals surface area contributed by atoms with E-state index in [-0.39, 0.29) is 17.1 Å². The Labute approximate surface area is 131 Å². The first-order valence-corrected chi connectivity index (χ1v) is 9.22. The zero-order valence-corrected chi connectivity index (χ0v) is 13.4. The van der Waals surface area contributed by atoms with Crippen LogP contribution in [0.4, 0.5) is 0 Å². The summed E-state index contributed by atoms with van der Waals surface area (Å²) in [5, 5.41) is 0. The SMILES string of the molecule is O=C1CCCCCCCCCc2cccc(S(=O)(=O)O)c2O1. The molecule has 5 nitrogen and oxygen atoms in total. The van der Waals surface area contributed by atoms with Crippen molar-refractivity contribution in [2.75, 3.05) is 0 Å². The predicted molar refractivity (Wildman–Crippen MR) is 82.5 cm³/mol. The van der Waals surface area contributed by atoms with Crippen molar-refractivity contribution in [3.63, 3.8) is 0 Å². The fourth-order valence-corrected chi connectivity index (χ4v) is 3.37. The third-order valence-electron chi connectivity index (χ3n) is 3.88. The summed E-state index contributed by atoms with van der Waals surface area (Å²) >= 11 is 0. The van der Waals surface area contributed by atoms with Crippen molar-refractivity contribution in [2.24, 2.45) is 0 Å². The fourth-order valence-electron chi connectivity index (χ4n) is 2.71. The van der Waals surface area contributed by atoms with Crippen LogP contribution in [0.1, 0.15) is 56.9 Å². The molecule has 0 aliphatic carbocycles. The molecule has 1 aliphatic rings. The average Bonchev–Trinajstić information content (AvgIpc) is 2.46. The van der Waals surface area contributed by atoms with Crippen molar-refractivity contribution in [3.8, 4) is 5.75 Å². The summed E-state index contributed by atoms with van der Waals surface area (Å²) in [6, 6.07) is 4.57. The molecule has 0 fully saturated rings. The molecule has 0 unspecified atom stereocenters. The summed E-state index contributed by atoms with van der Waals surface area (Å²) in [4.78, 5) is 11.6. The van der Waals surface area contributed by atoms with E-state index in [0.717, 1.165) is 44.9 Å². The summed E-state index contributed by atoms with van der Waals surface area (Å²) in [5.74, 6) is -0.453. The Hall–Kier alpha value is -1.40. The number of fused-ring (bicyclic) bond motifs is 1. The molecule has 0 saturated heterocycles. The van der Waals surface area contributed by atoms with E-state index in [2.05, 4.69) is 0 Å². The summed E-state index contributed by atoms with van der Waals surface area (Å²) in [5.41, 5.74) is 0.655. The number of ether oxygens (including phenoxy) is 1. The summed E-state index contributed by atoms with van der Waals surface area (Å²) in [6.07, 6.45) is 7.98. The molecule has 0 bridgehead atoms. The minimum atomic E-state index is -4.42. The number of esters is 1. The first-order chi connectivity index (χ1) is 10.5. The van der Waals surface area contributed by atoms with E-state index in [0.29, 0.717) is 12.0 Å². The molecule has 2 rings (SSSR count). The third-order valence-corrected chi connectivity index (χ3v) is 4.76. The van der Waals surface area contributed by atoms with Crippen molar-refractivity contribution in [1.29, 1.82) is 0 Å². The predicted octanol–water partition coefficient (Wildman–Crippen LogP) is 3.52. The largest absolute Gasteiger partial charge is 0.425 e. The molecule has 0 amide bonds. The van der Waals surface area contributed by atoms with Gasteiger partial charge in [-0.1, -0.05) is 44.2 Å². The number of benzene rings is 1. The van der Waals surface area contributed by atoms with E-state index in [1.165, 1.54) is 6.07 Å². The number of aryl methyl sites for hydroxylation is 1. The highest BCUT2D eigenvalue weighted by Crippen LogP contribution is 2.30. The van der Waals surface area contributed by atoms with Crippen LogP contribution in [0.5, 0.6) is 5.75 Å². The van der Waals surface area contributed by atoms with E-state index in [4.69, 9.17) is 4.74 Å². The molecular formula is C16H22O5S. The minimum absolute atomic E-state index is 0.00533. The molecule has 0 radical (unpaired) electrons. The van der Waals surface area contributed by atoms with Crippen LogP contribution in [-0.2, 0) is 21.3 Å². The maximum Gasteiger partial charge on any atom is 0.311 e. The van der Waals surface area contributed by atoms with Crippen LogP contribution in [-0.4, -0.2) is 18.9 Å².